The summed E-state index contributed by atoms with van der Waals surface area (Å²) in [4.78, 5) is 19.0. The Balaban J connectivity index is 1.21. The highest BCUT2D eigenvalue weighted by molar-refractivity contribution is 7.10. The third-order valence-electron chi connectivity index (χ3n) is 5.72. The predicted molar refractivity (Wildman–Crippen MR) is 99.9 cm³/mol. The Bertz CT molecular complexity index is 826. The molecular weight excluding hydrogens is 348 g/mol. The third kappa shape index (κ3) is 2.87. The second-order valence-electron chi connectivity index (χ2n) is 7.18. The lowest BCUT2D eigenvalue weighted by Gasteiger charge is -2.40. The van der Waals surface area contributed by atoms with E-state index in [2.05, 4.69) is 16.3 Å². The van der Waals surface area contributed by atoms with Crippen molar-refractivity contribution in [3.63, 3.8) is 0 Å². The third-order valence-corrected chi connectivity index (χ3v) is 6.75. The number of ether oxygens (including phenoxy) is 2. The van der Waals surface area contributed by atoms with Crippen LogP contribution in [0.2, 0.25) is 0 Å². The van der Waals surface area contributed by atoms with E-state index in [9.17, 15) is 4.79 Å². The maximum absolute atomic E-state index is 12.8. The van der Waals surface area contributed by atoms with Crippen LogP contribution in [-0.2, 0) is 13.0 Å². The van der Waals surface area contributed by atoms with Gasteiger partial charge in [-0.2, -0.15) is 0 Å². The van der Waals surface area contributed by atoms with E-state index in [1.54, 1.807) is 10.9 Å². The maximum atomic E-state index is 12.8. The van der Waals surface area contributed by atoms with Crippen LogP contribution in [0, 0.1) is 0 Å². The summed E-state index contributed by atoms with van der Waals surface area (Å²) in [6.07, 6.45) is 3.27. The molecule has 136 valence electrons. The largest absolute Gasteiger partial charge is 0.454 e. The summed E-state index contributed by atoms with van der Waals surface area (Å²) < 4.78 is 10.7. The number of nitrogens with zero attached hydrogens (tertiary/aromatic N) is 2. The van der Waals surface area contributed by atoms with Gasteiger partial charge in [0.1, 0.15) is 0 Å². The Labute approximate surface area is 157 Å². The number of carbonyl (C=O) groups is 1. The number of fused-ring (bicyclic) bond motifs is 2. The van der Waals surface area contributed by atoms with Crippen molar-refractivity contribution in [2.75, 3.05) is 26.4 Å². The fraction of sp³-hybridized carbons (Fsp3) is 0.450. The summed E-state index contributed by atoms with van der Waals surface area (Å²) in [5, 5.41) is 2.21. The van der Waals surface area contributed by atoms with Crippen molar-refractivity contribution in [1.82, 2.24) is 9.80 Å². The van der Waals surface area contributed by atoms with Gasteiger partial charge in [-0.1, -0.05) is 0 Å². The Morgan fingerprint density at radius 1 is 1.08 bits per heavy atom. The van der Waals surface area contributed by atoms with Crippen molar-refractivity contribution < 1.29 is 14.3 Å². The first kappa shape index (κ1) is 16.1. The number of rotatable bonds is 2. The molecule has 1 saturated heterocycles. The van der Waals surface area contributed by atoms with Gasteiger partial charge < -0.3 is 14.4 Å². The van der Waals surface area contributed by atoms with Gasteiger partial charge in [0.25, 0.3) is 5.91 Å². The average Bonchev–Trinajstić information content (AvgIpc) is 3.35. The second kappa shape index (κ2) is 6.59. The van der Waals surface area contributed by atoms with Crippen molar-refractivity contribution in [1.29, 1.82) is 0 Å². The monoisotopic (exact) mass is 370 g/mol. The molecule has 3 aliphatic heterocycles. The topological polar surface area (TPSA) is 42.0 Å². The van der Waals surface area contributed by atoms with Crippen molar-refractivity contribution in [3.05, 3.63) is 45.6 Å². The normalized spacial score (nSPS) is 20.2. The van der Waals surface area contributed by atoms with E-state index in [0.29, 0.717) is 17.4 Å². The average molecular weight is 370 g/mol. The van der Waals surface area contributed by atoms with E-state index in [4.69, 9.17) is 9.47 Å². The highest BCUT2D eigenvalue weighted by atomic mass is 32.1. The van der Waals surface area contributed by atoms with Crippen molar-refractivity contribution in [2.24, 2.45) is 0 Å². The minimum atomic E-state index is 0.0977. The van der Waals surface area contributed by atoms with Gasteiger partial charge in [-0.25, -0.2) is 0 Å². The number of piperidine rings is 1. The molecule has 0 spiro atoms. The summed E-state index contributed by atoms with van der Waals surface area (Å²) in [5.41, 5.74) is 2.19. The molecule has 5 rings (SSSR count). The fourth-order valence-electron chi connectivity index (χ4n) is 4.23. The van der Waals surface area contributed by atoms with Gasteiger partial charge in [-0.15, -0.1) is 11.3 Å². The molecule has 1 aromatic carbocycles. The van der Waals surface area contributed by atoms with Crippen LogP contribution in [-0.4, -0.2) is 48.2 Å². The highest BCUT2D eigenvalue weighted by Crippen LogP contribution is 2.33. The minimum absolute atomic E-state index is 0.0977. The molecule has 0 bridgehead atoms. The molecule has 4 heterocycles. The first-order chi connectivity index (χ1) is 12.8. The van der Waals surface area contributed by atoms with E-state index < -0.39 is 0 Å². The molecule has 26 heavy (non-hydrogen) atoms. The molecule has 2 aromatic rings. The highest BCUT2D eigenvalue weighted by Gasteiger charge is 2.30. The first-order valence-corrected chi connectivity index (χ1v) is 10.1. The quantitative estimate of drug-likeness (QED) is 0.815. The SMILES string of the molecule is O=C(c1ccc2c(c1)OCO2)N1CCC(N2CCc3sccc3C2)CC1. The van der Waals surface area contributed by atoms with Gasteiger partial charge in [0.05, 0.1) is 0 Å². The van der Waals surface area contributed by atoms with Gasteiger partial charge in [0.15, 0.2) is 11.5 Å². The van der Waals surface area contributed by atoms with Gasteiger partial charge in [-0.3, -0.25) is 9.69 Å². The van der Waals surface area contributed by atoms with Crippen LogP contribution in [0.3, 0.4) is 0 Å². The summed E-state index contributed by atoms with van der Waals surface area (Å²) in [6.45, 7) is 4.10. The number of thiophene rings is 1. The molecule has 0 aliphatic carbocycles. The zero-order chi connectivity index (χ0) is 17.5. The van der Waals surface area contributed by atoms with Crippen LogP contribution in [0.15, 0.2) is 29.6 Å². The summed E-state index contributed by atoms with van der Waals surface area (Å²) in [7, 11) is 0. The molecule has 0 unspecified atom stereocenters. The Hall–Kier alpha value is -2.05. The van der Waals surface area contributed by atoms with E-state index in [0.717, 1.165) is 44.8 Å². The molecule has 0 atom stereocenters. The first-order valence-electron chi connectivity index (χ1n) is 9.26. The summed E-state index contributed by atoms with van der Waals surface area (Å²) in [6, 6.07) is 8.33. The molecular formula is C20H22N2O3S. The van der Waals surface area contributed by atoms with Crippen LogP contribution in [0.5, 0.6) is 11.5 Å². The number of hydrogen-bond donors (Lipinski definition) is 0. The van der Waals surface area contributed by atoms with E-state index in [-0.39, 0.29) is 12.7 Å². The van der Waals surface area contributed by atoms with E-state index in [1.807, 2.05) is 28.4 Å². The van der Waals surface area contributed by atoms with E-state index in [1.165, 1.54) is 12.0 Å². The molecule has 0 saturated carbocycles. The smallest absolute Gasteiger partial charge is 0.253 e. The molecule has 1 amide bonds. The van der Waals surface area contributed by atoms with Crippen molar-refractivity contribution in [2.45, 2.75) is 31.8 Å². The lowest BCUT2D eigenvalue weighted by molar-refractivity contribution is 0.0600. The molecule has 0 radical (unpaired) electrons. The number of carbonyl (C=O) groups excluding carboxylic acids is 1. The number of likely N-dealkylation sites (tertiary alicyclic amines) is 1. The molecule has 1 fully saturated rings. The number of benzene rings is 1. The molecule has 1 aromatic heterocycles. The predicted octanol–water partition coefficient (Wildman–Crippen LogP) is 3.14. The lowest BCUT2D eigenvalue weighted by atomic mass is 9.99. The Morgan fingerprint density at radius 2 is 1.92 bits per heavy atom. The van der Waals surface area contributed by atoms with Crippen LogP contribution in [0.1, 0.15) is 33.6 Å². The Morgan fingerprint density at radius 3 is 2.81 bits per heavy atom. The van der Waals surface area contributed by atoms with Crippen molar-refractivity contribution in [3.8, 4) is 11.5 Å². The number of amides is 1. The molecule has 3 aliphatic rings. The van der Waals surface area contributed by atoms with Crippen LogP contribution < -0.4 is 9.47 Å². The zero-order valence-electron chi connectivity index (χ0n) is 14.6. The fourth-order valence-corrected chi connectivity index (χ4v) is 5.12. The molecule has 5 nitrogen and oxygen atoms in total. The minimum Gasteiger partial charge on any atom is -0.454 e. The molecule has 0 N–H and O–H groups in total. The van der Waals surface area contributed by atoms with Gasteiger partial charge >= 0.3 is 0 Å². The maximum Gasteiger partial charge on any atom is 0.253 e. The number of hydrogen-bond acceptors (Lipinski definition) is 5. The van der Waals surface area contributed by atoms with Gasteiger partial charge in [-0.05, 0) is 54.5 Å². The van der Waals surface area contributed by atoms with Crippen molar-refractivity contribution >= 4 is 17.2 Å². The summed E-state index contributed by atoms with van der Waals surface area (Å²) in [5.74, 6) is 1.49. The van der Waals surface area contributed by atoms with Crippen LogP contribution >= 0.6 is 11.3 Å². The van der Waals surface area contributed by atoms with Gasteiger partial charge in [0, 0.05) is 42.7 Å². The zero-order valence-corrected chi connectivity index (χ0v) is 15.5. The second-order valence-corrected chi connectivity index (χ2v) is 8.18. The van der Waals surface area contributed by atoms with Gasteiger partial charge in [0.2, 0.25) is 6.79 Å². The van der Waals surface area contributed by atoms with E-state index >= 15 is 0 Å². The van der Waals surface area contributed by atoms with Crippen LogP contribution in [0.4, 0.5) is 0 Å². The summed E-state index contributed by atoms with van der Waals surface area (Å²) >= 11 is 1.89. The standard InChI is InChI=1S/C20H22N2O3S/c23-20(14-1-2-17-18(11-14)25-13-24-17)21-7-3-16(4-8-21)22-9-5-19-15(12-22)6-10-26-19/h1-2,6,10-11,16H,3-5,7-9,12-13H2. The van der Waals surface area contributed by atoms with Crippen LogP contribution in [0.25, 0.3) is 0 Å². The lowest BCUT2D eigenvalue weighted by Crippen LogP contribution is -2.47. The molecule has 6 heteroatoms. The Kier molecular flexibility index (Phi) is 4.10.